The summed E-state index contributed by atoms with van der Waals surface area (Å²) in [5, 5.41) is 4.27. The zero-order chi connectivity index (χ0) is 22.5. The Morgan fingerprint density at radius 2 is 1.78 bits per heavy atom. The van der Waals surface area contributed by atoms with Gasteiger partial charge in [-0.15, -0.1) is 0 Å². The zero-order valence-corrected chi connectivity index (χ0v) is 19.3. The van der Waals surface area contributed by atoms with Gasteiger partial charge >= 0.3 is 0 Å². The minimum atomic E-state index is -3.43. The highest BCUT2D eigenvalue weighted by molar-refractivity contribution is 7.89. The van der Waals surface area contributed by atoms with Crippen LogP contribution in [-0.4, -0.2) is 48.2 Å². The van der Waals surface area contributed by atoms with Crippen LogP contribution in [0.3, 0.4) is 0 Å². The van der Waals surface area contributed by atoms with Gasteiger partial charge in [-0.05, 0) is 30.2 Å². The average Bonchev–Trinajstić information content (AvgIpc) is 3.06. The first-order chi connectivity index (χ1) is 15.4. The molecule has 0 amide bonds. The monoisotopic (exact) mass is 490 g/mol. The highest BCUT2D eigenvalue weighted by Gasteiger charge is 2.48. The highest BCUT2D eigenvalue weighted by atomic mass is 35.5. The van der Waals surface area contributed by atoms with Gasteiger partial charge in [-0.1, -0.05) is 59.6 Å². The van der Waals surface area contributed by atoms with E-state index in [0.29, 0.717) is 42.5 Å². The molecule has 0 saturated carbocycles. The molecule has 166 valence electrons. The molecule has 0 bridgehead atoms. The molecule has 1 aromatic heterocycles. The van der Waals surface area contributed by atoms with E-state index in [4.69, 9.17) is 23.2 Å². The van der Waals surface area contributed by atoms with Crippen LogP contribution >= 0.6 is 23.2 Å². The molecule has 2 atom stereocenters. The van der Waals surface area contributed by atoms with Crippen molar-refractivity contribution in [1.29, 1.82) is 0 Å². The number of nitrogens with zero attached hydrogens (tertiary/aromatic N) is 4. The van der Waals surface area contributed by atoms with E-state index in [1.807, 2.05) is 35.2 Å². The smallest absolute Gasteiger partial charge is 0.292 e. The van der Waals surface area contributed by atoms with Crippen LogP contribution in [0.2, 0.25) is 10.0 Å². The fourth-order valence-corrected chi connectivity index (χ4v) is 7.16. The second-order valence-electron chi connectivity index (χ2n) is 7.93. The number of fused-ring (bicyclic) bond motifs is 1. The Labute approximate surface area is 195 Å². The van der Waals surface area contributed by atoms with Crippen LogP contribution in [-0.2, 0) is 10.0 Å². The summed E-state index contributed by atoms with van der Waals surface area (Å²) in [6, 6.07) is 15.9. The molecule has 2 aliphatic rings. The molecule has 0 radical (unpaired) electrons. The summed E-state index contributed by atoms with van der Waals surface area (Å²) >= 11 is 12.5. The number of hydrogen-bond acceptors (Lipinski definition) is 5. The van der Waals surface area contributed by atoms with E-state index in [2.05, 4.69) is 5.10 Å². The van der Waals surface area contributed by atoms with Gasteiger partial charge in [0.05, 0.1) is 17.6 Å². The van der Waals surface area contributed by atoms with E-state index < -0.39 is 20.8 Å². The molecule has 2 saturated heterocycles. The van der Waals surface area contributed by atoms with Gasteiger partial charge in [-0.3, -0.25) is 4.79 Å². The molecule has 2 fully saturated rings. The fourth-order valence-electron chi connectivity index (χ4n) is 4.53. The molecule has 0 aliphatic carbocycles. The number of rotatable bonds is 3. The molecule has 0 N–H and O–H groups in total. The number of benzene rings is 2. The Morgan fingerprint density at radius 3 is 2.53 bits per heavy atom. The maximum atomic E-state index is 13.1. The number of anilines is 1. The number of piperazine rings is 1. The molecule has 32 heavy (non-hydrogen) atoms. The lowest BCUT2D eigenvalue weighted by atomic mass is 10.0. The van der Waals surface area contributed by atoms with Gasteiger partial charge in [-0.2, -0.15) is 14.1 Å². The molecular formula is C22H20Cl2N4O3S. The number of aromatic nitrogens is 2. The van der Waals surface area contributed by atoms with Gasteiger partial charge in [-0.25, -0.2) is 8.42 Å². The van der Waals surface area contributed by atoms with Gasteiger partial charge in [0.15, 0.2) is 0 Å². The molecule has 7 nitrogen and oxygen atoms in total. The molecule has 2 unspecified atom stereocenters. The summed E-state index contributed by atoms with van der Waals surface area (Å²) in [6.07, 6.45) is 2.05. The second kappa shape index (κ2) is 8.19. The molecule has 10 heteroatoms. The Morgan fingerprint density at radius 1 is 1.00 bits per heavy atom. The van der Waals surface area contributed by atoms with Crippen molar-refractivity contribution in [1.82, 2.24) is 14.1 Å². The van der Waals surface area contributed by atoms with E-state index in [0.717, 1.165) is 5.56 Å². The Kier molecular flexibility index (Phi) is 5.49. The van der Waals surface area contributed by atoms with E-state index in [9.17, 15) is 13.2 Å². The molecule has 5 rings (SSSR count). The molecular weight excluding hydrogens is 471 g/mol. The van der Waals surface area contributed by atoms with E-state index in [1.165, 1.54) is 4.68 Å². The van der Waals surface area contributed by atoms with Crippen molar-refractivity contribution >= 4 is 38.9 Å². The van der Waals surface area contributed by atoms with Crippen molar-refractivity contribution in [3.05, 3.63) is 86.8 Å². The minimum absolute atomic E-state index is 0.0499. The lowest BCUT2D eigenvalue weighted by molar-refractivity contribution is 0.309. The number of halogens is 2. The standard InChI is InChI=1S/C22H20Cl2N4O3S/c23-16-7-4-8-17(11-16)28-22(29)21(24)19(13-25-28)26-9-10-27-18(14-26)12-20(32(27,30)31)15-5-2-1-3-6-15/h1-8,11,13,18,20H,9-10,12,14H2. The van der Waals surface area contributed by atoms with Gasteiger partial charge in [0.1, 0.15) is 10.3 Å². The molecule has 2 aromatic carbocycles. The summed E-state index contributed by atoms with van der Waals surface area (Å²) in [7, 11) is -3.43. The van der Waals surface area contributed by atoms with Crippen molar-refractivity contribution in [3.63, 3.8) is 0 Å². The maximum absolute atomic E-state index is 13.1. The van der Waals surface area contributed by atoms with Crippen LogP contribution in [0.15, 0.2) is 65.6 Å². The predicted octanol–water partition coefficient (Wildman–Crippen LogP) is 3.50. The lowest BCUT2D eigenvalue weighted by Gasteiger charge is -2.37. The van der Waals surface area contributed by atoms with Gasteiger partial charge in [0, 0.05) is 30.7 Å². The summed E-state index contributed by atoms with van der Waals surface area (Å²) in [5.74, 6) is 0. The van der Waals surface area contributed by atoms with E-state index in [-0.39, 0.29) is 11.1 Å². The second-order valence-corrected chi connectivity index (χ2v) is 10.8. The third-order valence-corrected chi connectivity index (χ3v) is 8.98. The van der Waals surface area contributed by atoms with E-state index in [1.54, 1.807) is 34.8 Å². The maximum Gasteiger partial charge on any atom is 0.292 e. The first-order valence-corrected chi connectivity index (χ1v) is 12.5. The number of hydrogen-bond donors (Lipinski definition) is 0. The first-order valence-electron chi connectivity index (χ1n) is 10.2. The van der Waals surface area contributed by atoms with Crippen molar-refractivity contribution in [2.24, 2.45) is 0 Å². The Bertz CT molecular complexity index is 1330. The lowest BCUT2D eigenvalue weighted by Crippen LogP contribution is -2.51. The van der Waals surface area contributed by atoms with Gasteiger partial charge in [0.2, 0.25) is 10.0 Å². The number of sulfonamides is 1. The SMILES string of the molecule is O=c1c(Cl)c(N2CCN3C(CC(c4ccccc4)S3(=O)=O)C2)cnn1-c1cccc(Cl)c1. The molecule has 3 aromatic rings. The van der Waals surface area contributed by atoms with Crippen molar-refractivity contribution in [2.45, 2.75) is 17.7 Å². The summed E-state index contributed by atoms with van der Waals surface area (Å²) in [4.78, 5) is 14.9. The summed E-state index contributed by atoms with van der Waals surface area (Å²) in [6.45, 7) is 1.22. The van der Waals surface area contributed by atoms with Crippen LogP contribution < -0.4 is 10.5 Å². The van der Waals surface area contributed by atoms with Crippen molar-refractivity contribution in [3.8, 4) is 5.69 Å². The Balaban J connectivity index is 1.42. The zero-order valence-electron chi connectivity index (χ0n) is 16.9. The van der Waals surface area contributed by atoms with Gasteiger partial charge in [0.25, 0.3) is 5.56 Å². The van der Waals surface area contributed by atoms with Crippen LogP contribution in [0.25, 0.3) is 5.69 Å². The van der Waals surface area contributed by atoms with E-state index >= 15 is 0 Å². The third kappa shape index (κ3) is 3.61. The first kappa shape index (κ1) is 21.5. The molecule has 0 spiro atoms. The summed E-state index contributed by atoms with van der Waals surface area (Å²) in [5.41, 5.74) is 1.39. The predicted molar refractivity (Wildman–Crippen MR) is 125 cm³/mol. The molecule has 2 aliphatic heterocycles. The highest BCUT2D eigenvalue weighted by Crippen LogP contribution is 2.41. The molecule has 3 heterocycles. The van der Waals surface area contributed by atoms with Crippen molar-refractivity contribution in [2.75, 3.05) is 24.5 Å². The van der Waals surface area contributed by atoms with Crippen LogP contribution in [0.1, 0.15) is 17.2 Å². The third-order valence-electron chi connectivity index (χ3n) is 6.07. The van der Waals surface area contributed by atoms with Crippen LogP contribution in [0.4, 0.5) is 5.69 Å². The van der Waals surface area contributed by atoms with Crippen LogP contribution in [0, 0.1) is 0 Å². The normalized spacial score (nSPS) is 22.6. The summed E-state index contributed by atoms with van der Waals surface area (Å²) < 4.78 is 29.1. The van der Waals surface area contributed by atoms with Crippen LogP contribution in [0.5, 0.6) is 0 Å². The topological polar surface area (TPSA) is 75.5 Å². The Hall–Kier alpha value is -2.39. The largest absolute Gasteiger partial charge is 0.366 e. The quantitative estimate of drug-likeness (QED) is 0.561. The average molecular weight is 491 g/mol. The van der Waals surface area contributed by atoms with Crippen molar-refractivity contribution < 1.29 is 8.42 Å². The van der Waals surface area contributed by atoms with Gasteiger partial charge < -0.3 is 4.90 Å². The fraction of sp³-hybridized carbons (Fsp3) is 0.273. The minimum Gasteiger partial charge on any atom is -0.366 e.